The summed E-state index contributed by atoms with van der Waals surface area (Å²) < 4.78 is 6.67. The van der Waals surface area contributed by atoms with Crippen molar-refractivity contribution in [3.05, 3.63) is 35.6 Å². The maximum atomic E-state index is 12.7. The number of carbonyl (C=O) groups is 1. The first kappa shape index (κ1) is 23.4. The fourth-order valence-corrected chi connectivity index (χ4v) is 5.25. The van der Waals surface area contributed by atoms with Gasteiger partial charge in [-0.25, -0.2) is 0 Å². The minimum absolute atomic E-state index is 0.0243. The molecular formula is C22H36N4O2Si. The number of nitrogens with zero attached hydrogens (tertiary/aromatic N) is 4. The van der Waals surface area contributed by atoms with Gasteiger partial charge >= 0.3 is 0 Å². The molecule has 2 rings (SSSR count). The molecule has 0 spiro atoms. The van der Waals surface area contributed by atoms with Crippen molar-refractivity contribution in [1.29, 1.82) is 0 Å². The van der Waals surface area contributed by atoms with Gasteiger partial charge in [-0.05, 0) is 51.7 Å². The molecule has 0 N–H and O–H groups in total. The van der Waals surface area contributed by atoms with E-state index in [1.807, 2.05) is 18.9 Å². The largest absolute Gasteiger partial charge is 0.411 e. The Balaban J connectivity index is 2.07. The summed E-state index contributed by atoms with van der Waals surface area (Å²) in [5.74, 6) is 0.0243. The molecule has 0 saturated heterocycles. The van der Waals surface area contributed by atoms with Crippen LogP contribution in [0.1, 0.15) is 60.1 Å². The zero-order chi connectivity index (χ0) is 22.0. The molecule has 1 aromatic rings. The summed E-state index contributed by atoms with van der Waals surface area (Å²) in [6, 6.07) is 0.196. The smallest absolute Gasteiger partial charge is 0.192 e. The number of carbonyl (C=O) groups excluding carboxylic acids is 1. The Morgan fingerprint density at radius 3 is 2.45 bits per heavy atom. The van der Waals surface area contributed by atoms with E-state index in [0.717, 1.165) is 18.5 Å². The number of hydrogen-bond donors (Lipinski definition) is 0. The van der Waals surface area contributed by atoms with Gasteiger partial charge in [0.05, 0.1) is 23.8 Å². The standard InChI is InChI=1S/C22H36N4O2Si/c1-16(20(27)12-18-15-24-10-11-25-18)17(2)26(23-7)19-13-22(6,14-19)28-29(8,9)21(3,4)5/h10-11,15,19H,7,12-14H2,1-6,8-9H3/b17-16+. The average Bonchev–Trinajstić information content (AvgIpc) is 2.59. The fourth-order valence-electron chi connectivity index (χ4n) is 3.55. The van der Waals surface area contributed by atoms with E-state index in [9.17, 15) is 4.79 Å². The Morgan fingerprint density at radius 2 is 1.97 bits per heavy atom. The Morgan fingerprint density at radius 1 is 1.34 bits per heavy atom. The van der Waals surface area contributed by atoms with E-state index in [4.69, 9.17) is 4.43 Å². The second-order valence-electron chi connectivity index (χ2n) is 9.87. The van der Waals surface area contributed by atoms with Gasteiger partial charge in [-0.15, -0.1) is 0 Å². The van der Waals surface area contributed by atoms with Gasteiger partial charge in [0.25, 0.3) is 0 Å². The Kier molecular flexibility index (Phi) is 6.85. The van der Waals surface area contributed by atoms with E-state index in [0.29, 0.717) is 11.3 Å². The lowest BCUT2D eigenvalue weighted by Gasteiger charge is -2.53. The second kappa shape index (κ2) is 8.48. The molecule has 1 fully saturated rings. The summed E-state index contributed by atoms with van der Waals surface area (Å²) in [5.41, 5.74) is 2.05. The van der Waals surface area contributed by atoms with Crippen molar-refractivity contribution in [3.8, 4) is 0 Å². The van der Waals surface area contributed by atoms with Crippen molar-refractivity contribution in [2.45, 2.75) is 90.6 Å². The van der Waals surface area contributed by atoms with Crippen LogP contribution in [0.5, 0.6) is 0 Å². The molecule has 1 aliphatic carbocycles. The maximum Gasteiger partial charge on any atom is 0.192 e. The van der Waals surface area contributed by atoms with Crippen LogP contribution in [0, 0.1) is 0 Å². The Labute approximate surface area is 176 Å². The first-order valence-electron chi connectivity index (χ1n) is 10.2. The van der Waals surface area contributed by atoms with Crippen molar-refractivity contribution in [3.63, 3.8) is 0 Å². The van der Waals surface area contributed by atoms with Crippen LogP contribution in [-0.4, -0.2) is 47.4 Å². The van der Waals surface area contributed by atoms with E-state index in [2.05, 4.69) is 62.6 Å². The minimum atomic E-state index is -1.84. The Bertz CT molecular complexity index is 778. The molecule has 0 bridgehead atoms. The van der Waals surface area contributed by atoms with Gasteiger partial charge in [0, 0.05) is 36.6 Å². The molecule has 1 aromatic heterocycles. The molecule has 0 aromatic carbocycles. The van der Waals surface area contributed by atoms with Crippen LogP contribution >= 0.6 is 0 Å². The predicted octanol–water partition coefficient (Wildman–Crippen LogP) is 4.74. The molecule has 0 unspecified atom stereocenters. The molecule has 1 saturated carbocycles. The van der Waals surface area contributed by atoms with Crippen LogP contribution in [0.2, 0.25) is 18.1 Å². The first-order valence-corrected chi connectivity index (χ1v) is 13.1. The highest BCUT2D eigenvalue weighted by atomic mass is 28.4. The van der Waals surface area contributed by atoms with Crippen LogP contribution in [0.3, 0.4) is 0 Å². The number of hydrogen-bond acceptors (Lipinski definition) is 6. The van der Waals surface area contributed by atoms with Gasteiger partial charge in [0.2, 0.25) is 0 Å². The quantitative estimate of drug-likeness (QED) is 0.265. The fraction of sp³-hybridized carbons (Fsp3) is 0.636. The SMILES string of the molecule is C=NN(/C(C)=C(\C)C(=O)Cc1cnccn1)C1CC(C)(O[Si](C)(C)C(C)(C)C)C1. The molecule has 7 heteroatoms. The van der Waals surface area contributed by atoms with E-state index < -0.39 is 8.32 Å². The number of allylic oxidation sites excluding steroid dienone is 2. The maximum absolute atomic E-state index is 12.7. The van der Waals surface area contributed by atoms with Crippen LogP contribution in [-0.2, 0) is 15.6 Å². The molecule has 0 atom stereocenters. The van der Waals surface area contributed by atoms with E-state index >= 15 is 0 Å². The summed E-state index contributed by atoms with van der Waals surface area (Å²) in [4.78, 5) is 20.9. The normalized spacial score (nSPS) is 23.1. The van der Waals surface area contributed by atoms with Gasteiger partial charge in [-0.2, -0.15) is 5.10 Å². The van der Waals surface area contributed by atoms with Crippen LogP contribution < -0.4 is 0 Å². The molecule has 6 nitrogen and oxygen atoms in total. The van der Waals surface area contributed by atoms with Gasteiger partial charge in [0.1, 0.15) is 0 Å². The summed E-state index contributed by atoms with van der Waals surface area (Å²) >= 11 is 0. The van der Waals surface area contributed by atoms with Crippen LogP contribution in [0.15, 0.2) is 35.0 Å². The first-order chi connectivity index (χ1) is 13.3. The van der Waals surface area contributed by atoms with Gasteiger partial charge in [-0.1, -0.05) is 20.8 Å². The summed E-state index contributed by atoms with van der Waals surface area (Å²) in [7, 11) is -1.84. The number of ketones is 1. The van der Waals surface area contributed by atoms with Gasteiger partial charge < -0.3 is 4.43 Å². The lowest BCUT2D eigenvalue weighted by atomic mass is 9.76. The third-order valence-corrected chi connectivity index (χ3v) is 11.0. The van der Waals surface area contributed by atoms with Crippen molar-refractivity contribution < 1.29 is 9.22 Å². The summed E-state index contributed by atoms with van der Waals surface area (Å²) in [6.07, 6.45) is 6.82. The highest BCUT2D eigenvalue weighted by molar-refractivity contribution is 6.74. The summed E-state index contributed by atoms with van der Waals surface area (Å²) in [5, 5.41) is 6.30. The van der Waals surface area contributed by atoms with Crippen molar-refractivity contribution >= 4 is 20.8 Å². The van der Waals surface area contributed by atoms with E-state index in [-0.39, 0.29) is 28.9 Å². The van der Waals surface area contributed by atoms with Crippen molar-refractivity contribution in [2.24, 2.45) is 5.10 Å². The van der Waals surface area contributed by atoms with Gasteiger partial charge in [0.15, 0.2) is 14.1 Å². The van der Waals surface area contributed by atoms with Crippen LogP contribution in [0.25, 0.3) is 0 Å². The number of Topliss-reactive ketones (excluding diaryl/α,β-unsaturated/α-hetero) is 1. The third-order valence-electron chi connectivity index (χ3n) is 6.40. The molecule has 1 heterocycles. The molecule has 29 heavy (non-hydrogen) atoms. The highest BCUT2D eigenvalue weighted by Gasteiger charge is 2.50. The zero-order valence-corrected chi connectivity index (χ0v) is 20.2. The predicted molar refractivity (Wildman–Crippen MR) is 120 cm³/mol. The minimum Gasteiger partial charge on any atom is -0.411 e. The summed E-state index contributed by atoms with van der Waals surface area (Å²) in [6.45, 7) is 21.1. The molecule has 0 aliphatic heterocycles. The lowest BCUT2D eigenvalue weighted by Crippen LogP contribution is -2.58. The van der Waals surface area contributed by atoms with Crippen molar-refractivity contribution in [2.75, 3.05) is 0 Å². The van der Waals surface area contributed by atoms with E-state index in [1.165, 1.54) is 0 Å². The monoisotopic (exact) mass is 416 g/mol. The molecule has 0 amide bonds. The number of hydrazone groups is 1. The number of aromatic nitrogens is 2. The van der Waals surface area contributed by atoms with Crippen molar-refractivity contribution in [1.82, 2.24) is 15.0 Å². The Hall–Kier alpha value is -1.86. The topological polar surface area (TPSA) is 67.7 Å². The molecular weight excluding hydrogens is 380 g/mol. The highest BCUT2D eigenvalue weighted by Crippen LogP contribution is 2.47. The zero-order valence-electron chi connectivity index (χ0n) is 19.2. The van der Waals surface area contributed by atoms with Gasteiger partial charge in [-0.3, -0.25) is 19.8 Å². The van der Waals surface area contributed by atoms with E-state index in [1.54, 1.807) is 18.6 Å². The third kappa shape index (κ3) is 5.39. The van der Waals surface area contributed by atoms with Crippen LogP contribution in [0.4, 0.5) is 0 Å². The average molecular weight is 417 g/mol. The number of rotatable bonds is 8. The molecule has 0 radical (unpaired) electrons. The molecule has 1 aliphatic rings. The molecule has 160 valence electrons. The second-order valence-corrected chi connectivity index (χ2v) is 14.6. The lowest BCUT2D eigenvalue weighted by molar-refractivity contribution is -0.115.